The Labute approximate surface area is 119 Å². The van der Waals surface area contributed by atoms with Crippen molar-refractivity contribution in [2.24, 2.45) is 11.3 Å². The second-order valence-electron chi connectivity index (χ2n) is 6.63. The van der Waals surface area contributed by atoms with Gasteiger partial charge in [-0.2, -0.15) is 0 Å². The highest BCUT2D eigenvalue weighted by atomic mass is 16.6. The van der Waals surface area contributed by atoms with Crippen LogP contribution < -0.4 is 5.32 Å². The molecule has 1 atom stereocenters. The summed E-state index contributed by atoms with van der Waals surface area (Å²) in [5.41, 5.74) is -0.669. The molecular weight excluding hydrogens is 260 g/mol. The number of likely N-dealkylation sites (tertiary alicyclic amines) is 1. The maximum atomic E-state index is 12.0. The lowest BCUT2D eigenvalue weighted by atomic mass is 9.72. The van der Waals surface area contributed by atoms with E-state index in [9.17, 15) is 9.59 Å². The number of carbonyl (C=O) groups excluding carboxylic acids is 2. The highest BCUT2D eigenvalue weighted by Gasteiger charge is 2.56. The predicted molar refractivity (Wildman–Crippen MR) is 73.2 cm³/mol. The molecule has 2 rings (SSSR count). The van der Waals surface area contributed by atoms with Gasteiger partial charge in [0, 0.05) is 31.6 Å². The molecule has 2 heterocycles. The predicted octanol–water partition coefficient (Wildman–Crippen LogP) is 1.01. The molecule has 1 spiro atoms. The van der Waals surface area contributed by atoms with Crippen molar-refractivity contribution >= 4 is 12.1 Å². The third-order valence-corrected chi connectivity index (χ3v) is 3.80. The van der Waals surface area contributed by atoms with Crippen molar-refractivity contribution in [3.8, 4) is 0 Å². The zero-order valence-corrected chi connectivity index (χ0v) is 12.7. The normalized spacial score (nSPS) is 24.4. The van der Waals surface area contributed by atoms with Crippen LogP contribution in [0.15, 0.2) is 0 Å². The zero-order chi connectivity index (χ0) is 15.0. The lowest BCUT2D eigenvalue weighted by molar-refractivity contribution is -0.155. The van der Waals surface area contributed by atoms with Crippen LogP contribution in [0.1, 0.15) is 27.7 Å². The first kappa shape index (κ1) is 15.1. The SMILES string of the molecule is CCOC(=O)[C@@H]1CNCC12CN(C(=O)OC(C)(C)C)C2. The topological polar surface area (TPSA) is 67.9 Å². The number of hydrogen-bond donors (Lipinski definition) is 1. The fraction of sp³-hybridized carbons (Fsp3) is 0.857. The third-order valence-electron chi connectivity index (χ3n) is 3.80. The van der Waals surface area contributed by atoms with Gasteiger partial charge in [0.15, 0.2) is 0 Å². The monoisotopic (exact) mass is 284 g/mol. The van der Waals surface area contributed by atoms with Gasteiger partial charge in [0.25, 0.3) is 0 Å². The Bertz CT molecular complexity index is 396. The summed E-state index contributed by atoms with van der Waals surface area (Å²) in [6, 6.07) is 0. The van der Waals surface area contributed by atoms with E-state index in [2.05, 4.69) is 5.32 Å². The summed E-state index contributed by atoms with van der Waals surface area (Å²) >= 11 is 0. The molecule has 1 N–H and O–H groups in total. The van der Waals surface area contributed by atoms with E-state index in [0.717, 1.165) is 6.54 Å². The maximum absolute atomic E-state index is 12.0. The smallest absolute Gasteiger partial charge is 0.410 e. The first-order chi connectivity index (χ1) is 9.27. The van der Waals surface area contributed by atoms with Crippen molar-refractivity contribution in [3.63, 3.8) is 0 Å². The van der Waals surface area contributed by atoms with Crippen LogP contribution in [-0.4, -0.2) is 55.3 Å². The number of hydrogen-bond acceptors (Lipinski definition) is 5. The summed E-state index contributed by atoms with van der Waals surface area (Å²) in [5.74, 6) is -0.331. The van der Waals surface area contributed by atoms with Crippen LogP contribution in [0.5, 0.6) is 0 Å². The van der Waals surface area contributed by atoms with Gasteiger partial charge in [-0.25, -0.2) is 4.79 Å². The molecule has 2 aliphatic rings. The van der Waals surface area contributed by atoms with Crippen LogP contribution in [0, 0.1) is 11.3 Å². The van der Waals surface area contributed by atoms with Crippen molar-refractivity contribution in [2.75, 3.05) is 32.8 Å². The summed E-state index contributed by atoms with van der Waals surface area (Å²) in [6.07, 6.45) is -0.308. The van der Waals surface area contributed by atoms with Gasteiger partial charge < -0.3 is 19.7 Å². The second kappa shape index (κ2) is 5.24. The number of carbonyl (C=O) groups is 2. The molecule has 114 valence electrons. The minimum Gasteiger partial charge on any atom is -0.466 e. The Morgan fingerprint density at radius 3 is 2.55 bits per heavy atom. The van der Waals surface area contributed by atoms with Crippen molar-refractivity contribution in [2.45, 2.75) is 33.3 Å². The highest BCUT2D eigenvalue weighted by Crippen LogP contribution is 2.41. The number of ether oxygens (including phenoxy) is 2. The fourth-order valence-electron chi connectivity index (χ4n) is 2.88. The van der Waals surface area contributed by atoms with Crippen LogP contribution >= 0.6 is 0 Å². The first-order valence-corrected chi connectivity index (χ1v) is 7.13. The van der Waals surface area contributed by atoms with Gasteiger partial charge in [-0.05, 0) is 27.7 Å². The lowest BCUT2D eigenvalue weighted by Crippen LogP contribution is -2.63. The second-order valence-corrected chi connectivity index (χ2v) is 6.63. The number of rotatable bonds is 2. The zero-order valence-electron chi connectivity index (χ0n) is 12.7. The van der Waals surface area contributed by atoms with Crippen LogP contribution in [0.4, 0.5) is 4.79 Å². The van der Waals surface area contributed by atoms with Crippen molar-refractivity contribution in [1.82, 2.24) is 10.2 Å². The van der Waals surface area contributed by atoms with Crippen molar-refractivity contribution < 1.29 is 19.1 Å². The van der Waals surface area contributed by atoms with Crippen LogP contribution in [0.2, 0.25) is 0 Å². The molecule has 0 aliphatic carbocycles. The number of nitrogens with one attached hydrogen (secondary N) is 1. The summed E-state index contributed by atoms with van der Waals surface area (Å²) in [4.78, 5) is 25.6. The number of nitrogens with zero attached hydrogens (tertiary/aromatic N) is 1. The minimum absolute atomic E-state index is 0.165. The Hall–Kier alpha value is -1.30. The quantitative estimate of drug-likeness (QED) is 0.766. The van der Waals surface area contributed by atoms with Crippen LogP contribution in [-0.2, 0) is 14.3 Å². The molecule has 0 radical (unpaired) electrons. The lowest BCUT2D eigenvalue weighted by Gasteiger charge is -2.49. The standard InChI is InChI=1S/C14H24N2O4/c1-5-19-11(17)10-6-15-7-14(10)8-16(9-14)12(18)20-13(2,3)4/h10,15H,5-9H2,1-4H3/t10-/m0/s1. The average Bonchev–Trinajstić information content (AvgIpc) is 2.68. The number of amides is 1. The molecular formula is C14H24N2O4. The minimum atomic E-state index is -0.492. The van der Waals surface area contributed by atoms with E-state index in [1.54, 1.807) is 11.8 Å². The highest BCUT2D eigenvalue weighted by molar-refractivity contribution is 5.76. The molecule has 1 amide bonds. The van der Waals surface area contributed by atoms with Gasteiger partial charge >= 0.3 is 12.1 Å². The van der Waals surface area contributed by atoms with Gasteiger partial charge in [-0.15, -0.1) is 0 Å². The van der Waals surface area contributed by atoms with E-state index >= 15 is 0 Å². The molecule has 6 nitrogen and oxygen atoms in total. The molecule has 0 unspecified atom stereocenters. The molecule has 2 aliphatic heterocycles. The van der Waals surface area contributed by atoms with E-state index in [1.807, 2.05) is 20.8 Å². The van der Waals surface area contributed by atoms with Gasteiger partial charge in [-0.1, -0.05) is 0 Å². The summed E-state index contributed by atoms with van der Waals surface area (Å²) in [6.45, 7) is 10.2. The van der Waals surface area contributed by atoms with Crippen LogP contribution in [0.25, 0.3) is 0 Å². The summed E-state index contributed by atoms with van der Waals surface area (Å²) in [5, 5.41) is 3.23. The number of esters is 1. The van der Waals surface area contributed by atoms with E-state index in [4.69, 9.17) is 9.47 Å². The molecule has 2 fully saturated rings. The Kier molecular flexibility index (Phi) is 3.95. The van der Waals surface area contributed by atoms with Gasteiger partial charge in [-0.3, -0.25) is 4.79 Å². The van der Waals surface area contributed by atoms with Crippen molar-refractivity contribution in [1.29, 1.82) is 0 Å². The molecule has 0 bridgehead atoms. The van der Waals surface area contributed by atoms with E-state index < -0.39 is 5.60 Å². The third kappa shape index (κ3) is 2.90. The molecule has 0 aromatic heterocycles. The molecule has 0 aromatic rings. The first-order valence-electron chi connectivity index (χ1n) is 7.13. The van der Waals surface area contributed by atoms with Crippen LogP contribution in [0.3, 0.4) is 0 Å². The average molecular weight is 284 g/mol. The largest absolute Gasteiger partial charge is 0.466 e. The Morgan fingerprint density at radius 2 is 2.00 bits per heavy atom. The van der Waals surface area contributed by atoms with Gasteiger partial charge in [0.2, 0.25) is 0 Å². The fourth-order valence-corrected chi connectivity index (χ4v) is 2.88. The van der Waals surface area contributed by atoms with E-state index in [0.29, 0.717) is 26.2 Å². The van der Waals surface area contributed by atoms with Gasteiger partial charge in [0.05, 0.1) is 12.5 Å². The molecule has 0 saturated carbocycles. The summed E-state index contributed by atoms with van der Waals surface area (Å²) < 4.78 is 10.5. The maximum Gasteiger partial charge on any atom is 0.410 e. The van der Waals surface area contributed by atoms with E-state index in [1.165, 1.54) is 0 Å². The Morgan fingerprint density at radius 1 is 1.35 bits per heavy atom. The summed E-state index contributed by atoms with van der Waals surface area (Å²) in [7, 11) is 0. The van der Waals surface area contributed by atoms with Gasteiger partial charge in [0.1, 0.15) is 5.60 Å². The molecule has 20 heavy (non-hydrogen) atoms. The molecule has 0 aromatic carbocycles. The van der Waals surface area contributed by atoms with E-state index in [-0.39, 0.29) is 23.4 Å². The molecule has 2 saturated heterocycles. The Balaban J connectivity index is 1.93. The molecule has 6 heteroatoms. The van der Waals surface area contributed by atoms with Crippen molar-refractivity contribution in [3.05, 3.63) is 0 Å².